The van der Waals surface area contributed by atoms with Gasteiger partial charge in [-0.15, -0.1) is 0 Å². The van der Waals surface area contributed by atoms with Gasteiger partial charge in [-0.05, 0) is 12.1 Å². The number of carboxylic acids is 1. The van der Waals surface area contributed by atoms with Gasteiger partial charge in [0.05, 0.1) is 0 Å². The zero-order valence-corrected chi connectivity index (χ0v) is 8.21. The summed E-state index contributed by atoms with van der Waals surface area (Å²) in [4.78, 5) is 12.6. The number of aromatic carboxylic acids is 1. The average molecular weight is 151 g/mol. The van der Waals surface area contributed by atoms with Crippen molar-refractivity contribution in [1.82, 2.24) is 4.98 Å². The summed E-state index contributed by atoms with van der Waals surface area (Å²) in [6.07, 6.45) is 1.57. The fourth-order valence-electron chi connectivity index (χ4n) is 0.463. The van der Waals surface area contributed by atoms with Gasteiger partial charge in [-0.2, -0.15) is 0 Å². The zero-order valence-electron chi connectivity index (χ0n) is 6.09. The third-order valence-corrected chi connectivity index (χ3v) is 0.828. The number of hydrogen-bond acceptors (Lipinski definition) is 1. The first-order chi connectivity index (χ1) is 3.80. The Morgan fingerprint density at radius 2 is 2.44 bits per heavy atom. The van der Waals surface area contributed by atoms with E-state index < -0.39 is 5.97 Å². The van der Waals surface area contributed by atoms with Crippen LogP contribution in [-0.4, -0.2) is 16.1 Å². The number of nitrogens with one attached hydrogen (secondary N) is 1. The van der Waals surface area contributed by atoms with Crippen LogP contribution in [0, 0.1) is 0 Å². The van der Waals surface area contributed by atoms with E-state index in [1.807, 2.05) is 0 Å². The van der Waals surface area contributed by atoms with Crippen LogP contribution in [0.4, 0.5) is 0 Å². The van der Waals surface area contributed by atoms with Crippen LogP contribution in [-0.2, 0) is 0 Å². The van der Waals surface area contributed by atoms with Gasteiger partial charge in [-0.1, -0.05) is 0 Å². The predicted molar refractivity (Wildman–Crippen MR) is 28.9 cm³/mol. The second-order valence-electron chi connectivity index (χ2n) is 1.39. The molecule has 1 rings (SSSR count). The van der Waals surface area contributed by atoms with Gasteiger partial charge in [0.2, 0.25) is 0 Å². The minimum absolute atomic E-state index is 0. The van der Waals surface area contributed by atoms with Crippen LogP contribution in [0.3, 0.4) is 0 Å². The van der Waals surface area contributed by atoms with Gasteiger partial charge in [0.25, 0.3) is 0 Å². The van der Waals surface area contributed by atoms with Crippen molar-refractivity contribution in [3.8, 4) is 0 Å². The first kappa shape index (κ1) is 9.39. The van der Waals surface area contributed by atoms with E-state index in [4.69, 9.17) is 5.11 Å². The van der Waals surface area contributed by atoms with Gasteiger partial charge < -0.3 is 11.5 Å². The summed E-state index contributed by atoms with van der Waals surface area (Å²) in [5.41, 5.74) is 0.227. The third kappa shape index (κ3) is 2.64. The van der Waals surface area contributed by atoms with Crippen LogP contribution in [0.25, 0.3) is 0 Å². The summed E-state index contributed by atoms with van der Waals surface area (Å²) in [6.45, 7) is 0. The molecule has 0 amide bonds. The quantitative estimate of drug-likeness (QED) is 0.449. The van der Waals surface area contributed by atoms with Crippen molar-refractivity contribution in [1.29, 1.82) is 0 Å². The van der Waals surface area contributed by atoms with Crippen molar-refractivity contribution >= 4 is 5.97 Å². The van der Waals surface area contributed by atoms with Gasteiger partial charge in [0.1, 0.15) is 5.69 Å². The molecule has 0 aliphatic carbocycles. The molecule has 1 heterocycles. The molecule has 2 N–H and O–H groups in total. The molecule has 0 radical (unpaired) electrons. The Balaban J connectivity index is 0. The Morgan fingerprint density at radius 1 is 1.78 bits per heavy atom. The van der Waals surface area contributed by atoms with Crippen LogP contribution < -0.4 is 51.4 Å². The summed E-state index contributed by atoms with van der Waals surface area (Å²) < 4.78 is 0. The molecular formula is C5H6KNO2. The van der Waals surface area contributed by atoms with Gasteiger partial charge in [0, 0.05) is 6.20 Å². The maximum absolute atomic E-state index is 10.0. The summed E-state index contributed by atoms with van der Waals surface area (Å²) in [7, 11) is 0. The molecule has 0 saturated heterocycles. The van der Waals surface area contributed by atoms with Crippen LogP contribution in [0.2, 0.25) is 0 Å². The average Bonchev–Trinajstić information content (AvgIpc) is 2.12. The van der Waals surface area contributed by atoms with Gasteiger partial charge >= 0.3 is 57.4 Å². The van der Waals surface area contributed by atoms with Crippen LogP contribution >= 0.6 is 0 Å². The minimum Gasteiger partial charge on any atom is -1.00 e. The molecule has 0 aromatic carbocycles. The van der Waals surface area contributed by atoms with E-state index >= 15 is 0 Å². The summed E-state index contributed by atoms with van der Waals surface area (Å²) in [5.74, 6) is -0.921. The molecular weight excluding hydrogens is 145 g/mol. The molecule has 0 unspecified atom stereocenters. The normalized spacial score (nSPS) is 8.00. The fraction of sp³-hybridized carbons (Fsp3) is 0. The second-order valence-corrected chi connectivity index (χ2v) is 1.39. The van der Waals surface area contributed by atoms with E-state index in [0.29, 0.717) is 0 Å². The van der Waals surface area contributed by atoms with E-state index in [0.717, 1.165) is 0 Å². The Kier molecular flexibility index (Phi) is 4.42. The van der Waals surface area contributed by atoms with Crippen molar-refractivity contribution in [3.63, 3.8) is 0 Å². The minimum atomic E-state index is -0.921. The number of aromatic nitrogens is 1. The van der Waals surface area contributed by atoms with E-state index in [2.05, 4.69) is 4.98 Å². The number of rotatable bonds is 1. The molecule has 0 aliphatic rings. The summed E-state index contributed by atoms with van der Waals surface area (Å²) in [5, 5.41) is 8.24. The van der Waals surface area contributed by atoms with E-state index in [-0.39, 0.29) is 58.5 Å². The largest absolute Gasteiger partial charge is 1.00 e. The van der Waals surface area contributed by atoms with Crippen molar-refractivity contribution in [2.45, 2.75) is 0 Å². The summed E-state index contributed by atoms with van der Waals surface area (Å²) >= 11 is 0. The number of carbonyl (C=O) groups is 1. The third-order valence-electron chi connectivity index (χ3n) is 0.828. The molecule has 1 aromatic rings. The maximum atomic E-state index is 10.0. The first-order valence-electron chi connectivity index (χ1n) is 2.17. The van der Waals surface area contributed by atoms with E-state index in [1.165, 1.54) is 6.07 Å². The second kappa shape index (κ2) is 4.24. The molecule has 9 heavy (non-hydrogen) atoms. The van der Waals surface area contributed by atoms with Crippen molar-refractivity contribution < 1.29 is 62.7 Å². The monoisotopic (exact) mass is 151 g/mol. The summed E-state index contributed by atoms with van der Waals surface area (Å²) in [6, 6.07) is 3.14. The standard InChI is InChI=1S/C5H5NO2.K.H/c7-5(8)4-2-1-3-6-4;;/h1-3,6H,(H,7,8);;/q;+1;-1. The number of hydrogen-bond donors (Lipinski definition) is 2. The molecule has 3 nitrogen and oxygen atoms in total. The maximum Gasteiger partial charge on any atom is 1.00 e. The molecule has 0 atom stereocenters. The fourth-order valence-corrected chi connectivity index (χ4v) is 0.463. The molecule has 4 heteroatoms. The molecule has 0 saturated carbocycles. The Hall–Kier alpha value is 0.386. The number of H-pyrrole nitrogens is 1. The van der Waals surface area contributed by atoms with Crippen LogP contribution in [0.1, 0.15) is 11.9 Å². The SMILES string of the molecule is O=C(O)c1ccc[nH]1.[H-].[K+]. The molecule has 0 bridgehead atoms. The topological polar surface area (TPSA) is 53.1 Å². The molecule has 0 aliphatic heterocycles. The number of aromatic amines is 1. The van der Waals surface area contributed by atoms with Gasteiger partial charge in [-0.25, -0.2) is 4.79 Å². The van der Waals surface area contributed by atoms with E-state index in [9.17, 15) is 4.79 Å². The van der Waals surface area contributed by atoms with Crippen molar-refractivity contribution in [2.75, 3.05) is 0 Å². The smallest absolute Gasteiger partial charge is 1.00 e. The van der Waals surface area contributed by atoms with Gasteiger partial charge in [-0.3, -0.25) is 0 Å². The molecule has 44 valence electrons. The van der Waals surface area contributed by atoms with Gasteiger partial charge in [0.15, 0.2) is 0 Å². The molecule has 1 aromatic heterocycles. The zero-order chi connectivity index (χ0) is 5.98. The Labute approximate surface area is 96.4 Å². The Morgan fingerprint density at radius 3 is 2.67 bits per heavy atom. The van der Waals surface area contributed by atoms with Crippen molar-refractivity contribution in [3.05, 3.63) is 24.0 Å². The van der Waals surface area contributed by atoms with Crippen molar-refractivity contribution in [2.24, 2.45) is 0 Å². The van der Waals surface area contributed by atoms with Crippen LogP contribution in [0.5, 0.6) is 0 Å². The first-order valence-corrected chi connectivity index (χ1v) is 2.17. The molecule has 0 fully saturated rings. The van der Waals surface area contributed by atoms with Crippen LogP contribution in [0.15, 0.2) is 18.3 Å². The Bertz CT molecular complexity index is 188. The number of carboxylic acid groups (broad SMARTS) is 1. The molecule has 0 spiro atoms. The predicted octanol–water partition coefficient (Wildman–Crippen LogP) is -2.17. The van der Waals surface area contributed by atoms with E-state index in [1.54, 1.807) is 12.3 Å².